The number of nitrogens with zero attached hydrogens (tertiary/aromatic N) is 2. The number of nitrogens with one attached hydrogen (secondary N) is 1. The number of rotatable bonds is 7. The van der Waals surface area contributed by atoms with Gasteiger partial charge >= 0.3 is 0 Å². The molecule has 34 heavy (non-hydrogen) atoms. The van der Waals surface area contributed by atoms with E-state index in [1.807, 2.05) is 18.2 Å². The smallest absolute Gasteiger partial charge is 0.251 e. The first kappa shape index (κ1) is 27.0. The lowest BCUT2D eigenvalue weighted by molar-refractivity contribution is 0.0790. The van der Waals surface area contributed by atoms with E-state index >= 15 is 0 Å². The molecule has 9 heteroatoms. The van der Waals surface area contributed by atoms with Gasteiger partial charge in [0.2, 0.25) is 0 Å². The van der Waals surface area contributed by atoms with Crippen molar-refractivity contribution in [2.75, 3.05) is 39.0 Å². The molecule has 2 aromatic rings. The number of carbonyl (C=O) groups is 1. The fraction of sp³-hybridized carbons (Fsp3) is 0.480. The summed E-state index contributed by atoms with van der Waals surface area (Å²) in [6.07, 6.45) is 1.15. The van der Waals surface area contributed by atoms with E-state index in [2.05, 4.69) is 35.9 Å². The van der Waals surface area contributed by atoms with Crippen LogP contribution < -0.4 is 5.32 Å². The predicted octanol–water partition coefficient (Wildman–Crippen LogP) is 4.36. The van der Waals surface area contributed by atoms with Crippen LogP contribution in [-0.2, 0) is 16.4 Å². The summed E-state index contributed by atoms with van der Waals surface area (Å²) >= 11 is 12.2. The summed E-state index contributed by atoms with van der Waals surface area (Å²) in [6.45, 7) is 11.6. The first-order valence-corrected chi connectivity index (χ1v) is 14.0. The Hall–Kier alpha value is -1.64. The zero-order valence-electron chi connectivity index (χ0n) is 20.1. The van der Waals surface area contributed by atoms with Crippen LogP contribution in [0.2, 0.25) is 10.0 Å². The number of piperazine rings is 1. The van der Waals surface area contributed by atoms with Gasteiger partial charge in [0.05, 0.1) is 14.9 Å². The van der Waals surface area contributed by atoms with Gasteiger partial charge in [0, 0.05) is 57.1 Å². The third kappa shape index (κ3) is 7.43. The number of amides is 1. The molecule has 1 saturated heterocycles. The fourth-order valence-electron chi connectivity index (χ4n) is 3.92. The van der Waals surface area contributed by atoms with Crippen molar-refractivity contribution in [3.63, 3.8) is 0 Å². The molecule has 0 radical (unpaired) electrons. The van der Waals surface area contributed by atoms with Crippen LogP contribution in [0.1, 0.15) is 36.7 Å². The quantitative estimate of drug-likeness (QED) is 0.581. The number of hydrogen-bond donors (Lipinski definition) is 1. The Balaban J connectivity index is 1.57. The Kier molecular flexibility index (Phi) is 8.69. The van der Waals surface area contributed by atoms with Crippen LogP contribution in [0, 0.1) is 5.41 Å². The summed E-state index contributed by atoms with van der Waals surface area (Å²) in [4.78, 5) is 17.9. The van der Waals surface area contributed by atoms with E-state index in [0.717, 1.165) is 51.1 Å². The summed E-state index contributed by atoms with van der Waals surface area (Å²) < 4.78 is 23.4. The van der Waals surface area contributed by atoms with Crippen LogP contribution in [0.4, 0.5) is 0 Å². The van der Waals surface area contributed by atoms with Crippen LogP contribution >= 0.6 is 23.2 Å². The highest BCUT2D eigenvalue weighted by Gasteiger charge is 2.30. The van der Waals surface area contributed by atoms with E-state index in [-0.39, 0.29) is 22.3 Å². The standard InChI is InChI=1S/C25H33Cl2N3O3S/c1-25(2,3)23(28-24(31)19-6-8-20(9-7-19)34(4,32)33)17-30-13-11-29(12-14-30)16-18-5-10-21(26)22(27)15-18/h5-10,15,23H,11-14,16-17H2,1-4H3,(H,28,31)/t23-/m1/s1. The number of halogens is 2. The van der Waals surface area contributed by atoms with Gasteiger partial charge in [-0.3, -0.25) is 14.6 Å². The number of carbonyl (C=O) groups excluding carboxylic acids is 1. The molecule has 2 aromatic carbocycles. The predicted molar refractivity (Wildman–Crippen MR) is 138 cm³/mol. The molecule has 1 amide bonds. The van der Waals surface area contributed by atoms with Crippen molar-refractivity contribution < 1.29 is 13.2 Å². The summed E-state index contributed by atoms with van der Waals surface area (Å²) in [7, 11) is -3.29. The maximum absolute atomic E-state index is 12.9. The zero-order chi connectivity index (χ0) is 25.1. The lowest BCUT2D eigenvalue weighted by Gasteiger charge is -2.40. The van der Waals surface area contributed by atoms with Crippen molar-refractivity contribution in [1.29, 1.82) is 0 Å². The van der Waals surface area contributed by atoms with Crippen LogP contribution in [0.15, 0.2) is 47.4 Å². The molecule has 1 aliphatic rings. The minimum atomic E-state index is -3.29. The molecule has 1 N–H and O–H groups in total. The topological polar surface area (TPSA) is 69.7 Å². The highest BCUT2D eigenvalue weighted by molar-refractivity contribution is 7.90. The molecule has 1 fully saturated rings. The molecule has 0 aliphatic carbocycles. The highest BCUT2D eigenvalue weighted by Crippen LogP contribution is 2.24. The third-order valence-corrected chi connectivity index (χ3v) is 8.06. The van der Waals surface area contributed by atoms with E-state index < -0.39 is 9.84 Å². The second-order valence-corrected chi connectivity index (χ2v) is 12.8. The lowest BCUT2D eigenvalue weighted by Crippen LogP contribution is -2.54. The van der Waals surface area contributed by atoms with Gasteiger partial charge in [0.1, 0.15) is 0 Å². The Morgan fingerprint density at radius 1 is 0.971 bits per heavy atom. The summed E-state index contributed by atoms with van der Waals surface area (Å²) in [6, 6.07) is 11.8. The van der Waals surface area contributed by atoms with Gasteiger partial charge in [0.15, 0.2) is 9.84 Å². The van der Waals surface area contributed by atoms with Crippen LogP contribution in [0.5, 0.6) is 0 Å². The van der Waals surface area contributed by atoms with Gasteiger partial charge in [-0.05, 0) is 47.4 Å². The van der Waals surface area contributed by atoms with Crippen LogP contribution in [0.25, 0.3) is 0 Å². The van der Waals surface area contributed by atoms with Crippen molar-refractivity contribution in [1.82, 2.24) is 15.1 Å². The second-order valence-electron chi connectivity index (χ2n) is 10.0. The van der Waals surface area contributed by atoms with E-state index in [0.29, 0.717) is 15.6 Å². The molecule has 6 nitrogen and oxygen atoms in total. The lowest BCUT2D eigenvalue weighted by atomic mass is 9.86. The largest absolute Gasteiger partial charge is 0.347 e. The number of hydrogen-bond acceptors (Lipinski definition) is 5. The van der Waals surface area contributed by atoms with Crippen molar-refractivity contribution in [3.05, 3.63) is 63.6 Å². The fourth-order valence-corrected chi connectivity index (χ4v) is 4.87. The molecule has 1 atom stereocenters. The van der Waals surface area contributed by atoms with Gasteiger partial charge in [0.25, 0.3) is 5.91 Å². The maximum atomic E-state index is 12.9. The molecule has 0 unspecified atom stereocenters. The first-order valence-electron chi connectivity index (χ1n) is 11.3. The zero-order valence-corrected chi connectivity index (χ0v) is 22.5. The molecule has 186 valence electrons. The maximum Gasteiger partial charge on any atom is 0.251 e. The molecule has 0 spiro atoms. The molecule has 3 rings (SSSR count). The van der Waals surface area contributed by atoms with Gasteiger partial charge in [-0.2, -0.15) is 0 Å². The Labute approximate surface area is 213 Å². The molecule has 0 saturated carbocycles. The normalized spacial score (nSPS) is 16.9. The first-order chi connectivity index (χ1) is 15.8. The van der Waals surface area contributed by atoms with Crippen molar-refractivity contribution in [3.8, 4) is 0 Å². The average molecular weight is 527 g/mol. The van der Waals surface area contributed by atoms with Gasteiger partial charge in [-0.15, -0.1) is 0 Å². The van der Waals surface area contributed by atoms with E-state index in [1.54, 1.807) is 12.1 Å². The van der Waals surface area contributed by atoms with Crippen LogP contribution in [0.3, 0.4) is 0 Å². The minimum Gasteiger partial charge on any atom is -0.347 e. The van der Waals surface area contributed by atoms with E-state index in [1.165, 1.54) is 12.1 Å². The minimum absolute atomic E-state index is 0.0591. The average Bonchev–Trinajstić information content (AvgIpc) is 2.76. The van der Waals surface area contributed by atoms with Crippen molar-refractivity contribution in [2.45, 2.75) is 38.3 Å². The molecule has 1 heterocycles. The molecule has 0 aromatic heterocycles. The van der Waals surface area contributed by atoms with E-state index in [4.69, 9.17) is 23.2 Å². The monoisotopic (exact) mass is 525 g/mol. The summed E-state index contributed by atoms with van der Waals surface area (Å²) in [5, 5.41) is 4.31. The van der Waals surface area contributed by atoms with Crippen LogP contribution in [-0.4, -0.2) is 69.1 Å². The van der Waals surface area contributed by atoms with Gasteiger partial charge < -0.3 is 5.32 Å². The Morgan fingerprint density at radius 3 is 2.09 bits per heavy atom. The number of benzene rings is 2. The molecule has 1 aliphatic heterocycles. The molecular weight excluding hydrogens is 493 g/mol. The summed E-state index contributed by atoms with van der Waals surface area (Å²) in [5.41, 5.74) is 1.46. The second kappa shape index (κ2) is 11.0. The van der Waals surface area contributed by atoms with Gasteiger partial charge in [-0.25, -0.2) is 8.42 Å². The number of sulfone groups is 1. The SMILES string of the molecule is CC(C)(C)[C@@H](CN1CCN(Cc2ccc(Cl)c(Cl)c2)CC1)NC(=O)c1ccc(S(C)(=O)=O)cc1. The summed E-state index contributed by atoms with van der Waals surface area (Å²) in [5.74, 6) is -0.196. The molecule has 0 bridgehead atoms. The van der Waals surface area contributed by atoms with Gasteiger partial charge in [-0.1, -0.05) is 50.0 Å². The van der Waals surface area contributed by atoms with E-state index in [9.17, 15) is 13.2 Å². The van der Waals surface area contributed by atoms with Crippen molar-refractivity contribution in [2.24, 2.45) is 5.41 Å². The Morgan fingerprint density at radius 2 is 1.56 bits per heavy atom. The highest BCUT2D eigenvalue weighted by atomic mass is 35.5. The third-order valence-electron chi connectivity index (χ3n) is 6.19. The molecular formula is C25H33Cl2N3O3S. The Bertz CT molecular complexity index is 1110. The van der Waals surface area contributed by atoms with Crippen molar-refractivity contribution >= 4 is 38.9 Å².